The number of carbonyl (C=O) groups excluding carboxylic acids is 1. The monoisotopic (exact) mass is 1260 g/mol. The SMILES string of the molecule is O=C(O)c1ccccc1.[N-]=[N+]=NS(=O)(=O)c1ccc(CN(CCSc2ccccc2)Cc2ccc(S(=O)(=O)NC(=O)c3ccccc3)cc2)cc1.[N-]=[N+]=NS(=O)(=O)c1ccc(CN(CCSc2ccccc2)Cc2ccc(S(N)(=O)=O)cc2)cc1. The van der Waals surface area contributed by atoms with E-state index in [-0.39, 0.29) is 25.1 Å². The zero-order valence-electron chi connectivity index (χ0n) is 45.1. The number of nitrogens with one attached hydrogen (secondary N) is 1. The van der Waals surface area contributed by atoms with Gasteiger partial charge in [0.15, 0.2) is 0 Å². The van der Waals surface area contributed by atoms with Crippen molar-refractivity contribution < 1.29 is 48.4 Å². The molecule has 0 unspecified atom stereocenters. The van der Waals surface area contributed by atoms with Crippen LogP contribution < -0.4 is 9.86 Å². The number of primary sulfonamides is 1. The highest BCUT2D eigenvalue weighted by atomic mass is 32.2. The van der Waals surface area contributed by atoms with Gasteiger partial charge in [0.2, 0.25) is 10.0 Å². The van der Waals surface area contributed by atoms with Crippen LogP contribution in [0.25, 0.3) is 20.9 Å². The highest BCUT2D eigenvalue weighted by Crippen LogP contribution is 2.23. The fraction of sp³-hybridized carbons (Fsp3) is 0.138. The van der Waals surface area contributed by atoms with E-state index in [1.807, 2.05) is 60.7 Å². The molecule has 27 heteroatoms. The van der Waals surface area contributed by atoms with Crippen LogP contribution in [0.1, 0.15) is 43.0 Å². The number of azide groups is 2. The smallest absolute Gasteiger partial charge is 0.335 e. The van der Waals surface area contributed by atoms with Gasteiger partial charge in [-0.3, -0.25) is 14.6 Å². The van der Waals surface area contributed by atoms with Gasteiger partial charge in [-0.25, -0.2) is 48.3 Å². The number of thioether (sulfide) groups is 2. The number of sulfonamides is 4. The van der Waals surface area contributed by atoms with Gasteiger partial charge in [0, 0.05) is 85.0 Å². The molecular formula is C58H56N10O11S6. The van der Waals surface area contributed by atoms with E-state index < -0.39 is 52.0 Å². The maximum absolute atomic E-state index is 12.8. The van der Waals surface area contributed by atoms with E-state index in [0.29, 0.717) is 38.3 Å². The number of hydrogen-bond donors (Lipinski definition) is 3. The number of rotatable bonds is 25. The summed E-state index contributed by atoms with van der Waals surface area (Å²) in [5.74, 6) is 0.0177. The Bertz CT molecular complexity index is 4040. The Morgan fingerprint density at radius 1 is 0.447 bits per heavy atom. The number of carbonyl (C=O) groups is 2. The predicted octanol–water partition coefficient (Wildman–Crippen LogP) is 11.1. The molecule has 440 valence electrons. The van der Waals surface area contributed by atoms with Gasteiger partial charge in [-0.2, -0.15) is 0 Å². The third kappa shape index (κ3) is 22.0. The highest BCUT2D eigenvalue weighted by Gasteiger charge is 2.20. The number of carboxylic acid groups (broad SMARTS) is 1. The topological polar surface area (TPSA) is 333 Å². The summed E-state index contributed by atoms with van der Waals surface area (Å²) in [6.45, 7) is 3.49. The molecule has 0 spiro atoms. The van der Waals surface area contributed by atoms with Crippen LogP contribution in [0.3, 0.4) is 0 Å². The molecular weight excluding hydrogens is 1210 g/mol. The van der Waals surface area contributed by atoms with Crippen molar-refractivity contribution in [3.05, 3.63) is 273 Å². The summed E-state index contributed by atoms with van der Waals surface area (Å²) in [4.78, 5) is 33.8. The molecule has 4 N–H and O–H groups in total. The molecule has 0 saturated carbocycles. The van der Waals surface area contributed by atoms with Crippen molar-refractivity contribution in [2.45, 2.75) is 55.6 Å². The molecule has 1 amide bonds. The van der Waals surface area contributed by atoms with Crippen LogP contribution in [0.4, 0.5) is 0 Å². The third-order valence-electron chi connectivity index (χ3n) is 12.0. The molecule has 0 radical (unpaired) electrons. The fourth-order valence-corrected chi connectivity index (χ4v) is 12.5. The molecule has 21 nitrogen and oxygen atoms in total. The fourth-order valence-electron chi connectivity index (χ4n) is 7.77. The first-order chi connectivity index (χ1) is 40.6. The van der Waals surface area contributed by atoms with Crippen molar-refractivity contribution in [3.8, 4) is 0 Å². The minimum atomic E-state index is -4.07. The molecule has 0 saturated heterocycles. The second-order valence-electron chi connectivity index (χ2n) is 18.1. The molecule has 0 aliphatic rings. The molecule has 8 aromatic rings. The van der Waals surface area contributed by atoms with Gasteiger partial charge >= 0.3 is 5.97 Å². The van der Waals surface area contributed by atoms with Crippen LogP contribution in [0.15, 0.2) is 257 Å². The lowest BCUT2D eigenvalue weighted by molar-refractivity contribution is 0.0696. The van der Waals surface area contributed by atoms with Crippen LogP contribution >= 0.6 is 23.5 Å². The molecule has 0 atom stereocenters. The lowest BCUT2D eigenvalue weighted by Crippen LogP contribution is -2.30. The summed E-state index contributed by atoms with van der Waals surface area (Å²) in [5, 5.41) is 13.6. The molecule has 0 aliphatic carbocycles. The van der Waals surface area contributed by atoms with Crippen molar-refractivity contribution in [1.82, 2.24) is 14.5 Å². The van der Waals surface area contributed by atoms with Gasteiger partial charge in [0.05, 0.1) is 25.1 Å². The zero-order chi connectivity index (χ0) is 61.3. The largest absolute Gasteiger partial charge is 0.478 e. The Morgan fingerprint density at radius 3 is 1.06 bits per heavy atom. The number of nitrogens with zero attached hydrogens (tertiary/aromatic N) is 8. The number of benzene rings is 8. The molecule has 0 aromatic heterocycles. The van der Waals surface area contributed by atoms with Crippen molar-refractivity contribution in [3.63, 3.8) is 0 Å². The average molecular weight is 1260 g/mol. The molecule has 85 heavy (non-hydrogen) atoms. The van der Waals surface area contributed by atoms with Crippen LogP contribution in [0, 0.1) is 0 Å². The maximum Gasteiger partial charge on any atom is 0.335 e. The summed E-state index contributed by atoms with van der Waals surface area (Å²) in [7, 11) is -15.9. The van der Waals surface area contributed by atoms with Crippen LogP contribution in [-0.4, -0.2) is 85.0 Å². The highest BCUT2D eigenvalue weighted by molar-refractivity contribution is 7.99. The molecule has 8 aromatic carbocycles. The Labute approximate surface area is 502 Å². The van der Waals surface area contributed by atoms with Gasteiger partial charge in [-0.1, -0.05) is 121 Å². The Morgan fingerprint density at radius 2 is 0.753 bits per heavy atom. The van der Waals surface area contributed by atoms with Gasteiger partial charge in [-0.15, -0.1) is 23.5 Å². The molecule has 0 fully saturated rings. The first kappa shape index (κ1) is 65.8. The van der Waals surface area contributed by atoms with Crippen LogP contribution in [0.5, 0.6) is 0 Å². The normalized spacial score (nSPS) is 11.4. The minimum Gasteiger partial charge on any atom is -0.478 e. The van der Waals surface area contributed by atoms with Gasteiger partial charge in [0.25, 0.3) is 36.0 Å². The first-order valence-electron chi connectivity index (χ1n) is 25.4. The van der Waals surface area contributed by atoms with Crippen molar-refractivity contribution in [2.24, 2.45) is 14.2 Å². The summed E-state index contributed by atoms with van der Waals surface area (Å²) in [6, 6.07) is 61.5. The van der Waals surface area contributed by atoms with Crippen LogP contribution in [0.2, 0.25) is 0 Å². The van der Waals surface area contributed by atoms with E-state index in [9.17, 15) is 43.3 Å². The minimum absolute atomic E-state index is 0.0291. The van der Waals surface area contributed by atoms with E-state index in [4.69, 9.17) is 21.3 Å². The number of aromatic carboxylic acids is 1. The van der Waals surface area contributed by atoms with Gasteiger partial charge in [0.1, 0.15) is 0 Å². The molecule has 0 heterocycles. The van der Waals surface area contributed by atoms with Gasteiger partial charge < -0.3 is 5.11 Å². The predicted molar refractivity (Wildman–Crippen MR) is 327 cm³/mol. The summed E-state index contributed by atoms with van der Waals surface area (Å²) < 4.78 is 104. The molecule has 8 rings (SSSR count). The lowest BCUT2D eigenvalue weighted by atomic mass is 10.1. The Hall–Kier alpha value is -8.30. The zero-order valence-corrected chi connectivity index (χ0v) is 50.0. The number of nitrogens with two attached hydrogens (primary N) is 1. The average Bonchev–Trinajstić information content (AvgIpc) is 3.53. The standard InChI is InChI=1S/C29H27N5O5S3.C22H23N5O4S3.C7H6O2/c30-32-33-42(38,39)28-17-13-24(14-18-28)22-34(19-20-40-26-9-5-2-6-10-26)21-23-11-15-27(16-12-23)41(36,37)31-29(35)25-7-3-1-4-8-25;23-25-26-34(30,31)22-12-8-19(9-13-22)17-27(14-15-32-20-4-2-1-3-5-20)16-18-6-10-21(11-7-18)33(24,28)29;8-7(9)6-4-2-1-3-5-6/h1-18H,19-22H2,(H,31,35);1-13H,14-17H2,(H2,24,28,29);1-5H,(H,8,9). The number of amides is 1. The van der Waals surface area contributed by atoms with E-state index in [1.54, 1.807) is 121 Å². The van der Waals surface area contributed by atoms with E-state index >= 15 is 0 Å². The van der Waals surface area contributed by atoms with E-state index in [0.717, 1.165) is 50.1 Å². The Balaban J connectivity index is 0.000000241. The second-order valence-corrected chi connectivity index (χ2v) is 26.9. The van der Waals surface area contributed by atoms with E-state index in [2.05, 4.69) is 33.4 Å². The Kier molecular flexibility index (Phi) is 24.9. The lowest BCUT2D eigenvalue weighted by Gasteiger charge is -2.23. The summed E-state index contributed by atoms with van der Waals surface area (Å²) >= 11 is 3.43. The third-order valence-corrected chi connectivity index (χ3v) is 18.5. The first-order valence-corrected chi connectivity index (χ1v) is 33.2. The molecule has 0 aliphatic heterocycles. The van der Waals surface area contributed by atoms with Crippen LogP contribution in [-0.2, 0) is 66.3 Å². The number of carboxylic acids is 1. The van der Waals surface area contributed by atoms with Crippen molar-refractivity contribution in [2.75, 3.05) is 24.6 Å². The van der Waals surface area contributed by atoms with Crippen molar-refractivity contribution >= 4 is 75.5 Å². The van der Waals surface area contributed by atoms with E-state index in [1.165, 1.54) is 60.7 Å². The summed E-state index contributed by atoms with van der Waals surface area (Å²) in [6.07, 6.45) is 0. The second kappa shape index (κ2) is 32.1. The summed E-state index contributed by atoms with van der Waals surface area (Å²) in [5.41, 5.74) is 21.0. The quantitative estimate of drug-likeness (QED) is 0.0207. The maximum atomic E-state index is 12.8. The molecule has 0 bridgehead atoms. The van der Waals surface area contributed by atoms with Gasteiger partial charge in [-0.05, 0) is 130 Å². The number of hydrogen-bond acceptors (Lipinski definition) is 14. The van der Waals surface area contributed by atoms with Crippen molar-refractivity contribution in [1.29, 1.82) is 0 Å².